The van der Waals surface area contributed by atoms with Crippen molar-refractivity contribution in [1.29, 1.82) is 0 Å². The molecule has 3 aromatic rings. The maximum atomic E-state index is 4.84. The van der Waals surface area contributed by atoms with Gasteiger partial charge >= 0.3 is 0 Å². The quantitative estimate of drug-likeness (QED) is 0.599. The van der Waals surface area contributed by atoms with Crippen molar-refractivity contribution in [2.75, 3.05) is 0 Å². The molecule has 0 saturated carbocycles. The zero-order valence-corrected chi connectivity index (χ0v) is 14.5. The Kier molecular flexibility index (Phi) is 3.91. The Morgan fingerprint density at radius 1 is 0.905 bits per heavy atom. The van der Waals surface area contributed by atoms with E-state index in [0.29, 0.717) is 0 Å². The van der Waals surface area contributed by atoms with Crippen molar-refractivity contribution < 1.29 is 0 Å². The summed E-state index contributed by atoms with van der Waals surface area (Å²) in [4.78, 5) is 10.5. The van der Waals surface area contributed by atoms with Gasteiger partial charge in [-0.25, -0.2) is 4.98 Å². The predicted molar refractivity (Wildman–Crippen MR) is 92.7 cm³/mol. The number of halogens is 1. The largest absolute Gasteiger partial charge is 0.258 e. The minimum absolute atomic E-state index is 1.03. The van der Waals surface area contributed by atoms with Gasteiger partial charge in [0.05, 0.1) is 5.69 Å². The van der Waals surface area contributed by atoms with E-state index in [1.807, 2.05) is 26.0 Å². The zero-order valence-electron chi connectivity index (χ0n) is 12.1. The van der Waals surface area contributed by atoms with Crippen LogP contribution in [-0.2, 0) is 0 Å². The number of aromatic nitrogens is 2. The summed E-state index contributed by atoms with van der Waals surface area (Å²) in [5.41, 5.74) is 5.41. The van der Waals surface area contributed by atoms with Gasteiger partial charge < -0.3 is 0 Å². The van der Waals surface area contributed by atoms with E-state index in [1.54, 1.807) is 11.3 Å². The molecule has 21 heavy (non-hydrogen) atoms. The third-order valence-electron chi connectivity index (χ3n) is 3.22. The van der Waals surface area contributed by atoms with Gasteiger partial charge in [-0.05, 0) is 45.0 Å². The zero-order chi connectivity index (χ0) is 15.0. The molecule has 0 aliphatic rings. The fourth-order valence-electron chi connectivity index (χ4n) is 2.38. The highest BCUT2D eigenvalue weighted by molar-refractivity contribution is 9.10. The van der Waals surface area contributed by atoms with E-state index < -0.39 is 0 Å². The Morgan fingerprint density at radius 2 is 1.62 bits per heavy atom. The van der Waals surface area contributed by atoms with Crippen molar-refractivity contribution in [2.45, 2.75) is 20.8 Å². The molecule has 0 aliphatic heterocycles. The number of pyridine rings is 1. The van der Waals surface area contributed by atoms with Gasteiger partial charge in [-0.1, -0.05) is 28.1 Å². The molecule has 0 atom stereocenters. The van der Waals surface area contributed by atoms with Crippen LogP contribution in [0.15, 0.2) is 40.9 Å². The SMILES string of the molecule is Cc1cc(-c2nc(-c3cccc(Br)c3)c(C)s2)cc(C)n1. The Bertz CT molecular complexity index is 788. The van der Waals surface area contributed by atoms with Crippen LogP contribution in [-0.4, -0.2) is 9.97 Å². The van der Waals surface area contributed by atoms with E-state index in [9.17, 15) is 0 Å². The Balaban J connectivity index is 2.09. The molecule has 0 N–H and O–H groups in total. The maximum Gasteiger partial charge on any atom is 0.124 e. The molecule has 0 fully saturated rings. The average Bonchev–Trinajstić information content (AvgIpc) is 2.80. The molecule has 4 heteroatoms. The van der Waals surface area contributed by atoms with Crippen molar-refractivity contribution in [3.63, 3.8) is 0 Å². The summed E-state index contributed by atoms with van der Waals surface area (Å²) in [5, 5.41) is 1.05. The fourth-order valence-corrected chi connectivity index (χ4v) is 3.70. The molecule has 0 amide bonds. The molecule has 2 nitrogen and oxygen atoms in total. The van der Waals surface area contributed by atoms with Crippen LogP contribution in [0.2, 0.25) is 0 Å². The average molecular weight is 359 g/mol. The molecule has 2 aromatic heterocycles. The van der Waals surface area contributed by atoms with Crippen molar-refractivity contribution >= 4 is 27.3 Å². The van der Waals surface area contributed by atoms with Crippen LogP contribution in [0.4, 0.5) is 0 Å². The van der Waals surface area contributed by atoms with Gasteiger partial charge in [0.25, 0.3) is 0 Å². The lowest BCUT2D eigenvalue weighted by molar-refractivity contribution is 1.12. The second-order valence-corrected chi connectivity index (χ2v) is 7.19. The molecule has 0 bridgehead atoms. The first-order valence-electron chi connectivity index (χ1n) is 6.72. The summed E-state index contributed by atoms with van der Waals surface area (Å²) in [5.74, 6) is 0. The second-order valence-electron chi connectivity index (χ2n) is 5.07. The van der Waals surface area contributed by atoms with Crippen LogP contribution in [0, 0.1) is 20.8 Å². The monoisotopic (exact) mass is 358 g/mol. The summed E-state index contributed by atoms with van der Waals surface area (Å²) < 4.78 is 1.07. The fraction of sp³-hybridized carbons (Fsp3) is 0.176. The van der Waals surface area contributed by atoms with E-state index in [2.05, 4.69) is 52.1 Å². The van der Waals surface area contributed by atoms with Crippen LogP contribution >= 0.6 is 27.3 Å². The van der Waals surface area contributed by atoms with Crippen LogP contribution < -0.4 is 0 Å². The topological polar surface area (TPSA) is 25.8 Å². The summed E-state index contributed by atoms with van der Waals surface area (Å²) in [6.45, 7) is 6.16. The minimum Gasteiger partial charge on any atom is -0.258 e. The Morgan fingerprint density at radius 3 is 2.29 bits per heavy atom. The molecule has 0 aliphatic carbocycles. The van der Waals surface area contributed by atoms with Crippen molar-refractivity contribution in [3.8, 4) is 21.8 Å². The molecule has 0 radical (unpaired) electrons. The molecular formula is C17H15BrN2S. The molecule has 0 saturated heterocycles. The lowest BCUT2D eigenvalue weighted by Crippen LogP contribution is -1.88. The molecule has 0 spiro atoms. The smallest absolute Gasteiger partial charge is 0.124 e. The molecule has 0 unspecified atom stereocenters. The van der Waals surface area contributed by atoms with E-state index in [1.165, 1.54) is 4.88 Å². The minimum atomic E-state index is 1.03. The van der Waals surface area contributed by atoms with Crippen LogP contribution in [0.25, 0.3) is 21.8 Å². The second kappa shape index (κ2) is 5.70. The van der Waals surface area contributed by atoms with Crippen LogP contribution in [0.5, 0.6) is 0 Å². The van der Waals surface area contributed by atoms with Crippen LogP contribution in [0.3, 0.4) is 0 Å². The summed E-state index contributed by atoms with van der Waals surface area (Å²) in [6, 6.07) is 12.5. The van der Waals surface area contributed by atoms with Gasteiger partial charge in [-0.3, -0.25) is 4.98 Å². The molecule has 106 valence electrons. The third kappa shape index (κ3) is 3.06. The number of hydrogen-bond donors (Lipinski definition) is 0. The summed E-state index contributed by atoms with van der Waals surface area (Å²) >= 11 is 5.25. The first-order chi connectivity index (χ1) is 10.0. The first-order valence-corrected chi connectivity index (χ1v) is 8.33. The number of benzene rings is 1. The Hall–Kier alpha value is -1.52. The summed E-state index contributed by atoms with van der Waals surface area (Å²) in [7, 11) is 0. The van der Waals surface area contributed by atoms with Gasteiger partial charge in [-0.2, -0.15) is 0 Å². The lowest BCUT2D eigenvalue weighted by Gasteiger charge is -2.01. The third-order valence-corrected chi connectivity index (χ3v) is 4.74. The van der Waals surface area contributed by atoms with Crippen LogP contribution in [0.1, 0.15) is 16.3 Å². The lowest BCUT2D eigenvalue weighted by atomic mass is 10.1. The van der Waals surface area contributed by atoms with Gasteiger partial charge in [0.1, 0.15) is 5.01 Å². The highest BCUT2D eigenvalue weighted by atomic mass is 79.9. The van der Waals surface area contributed by atoms with E-state index in [-0.39, 0.29) is 0 Å². The number of nitrogens with zero attached hydrogens (tertiary/aromatic N) is 2. The van der Waals surface area contributed by atoms with Gasteiger partial charge in [0, 0.05) is 31.9 Å². The molecule has 2 heterocycles. The number of aryl methyl sites for hydroxylation is 3. The number of hydrogen-bond acceptors (Lipinski definition) is 3. The van der Waals surface area contributed by atoms with E-state index in [0.717, 1.165) is 37.7 Å². The predicted octanol–water partition coefficient (Wildman–Crippen LogP) is 5.56. The Labute approximate surface area is 137 Å². The van der Waals surface area contributed by atoms with Gasteiger partial charge in [0.2, 0.25) is 0 Å². The van der Waals surface area contributed by atoms with Gasteiger partial charge in [-0.15, -0.1) is 11.3 Å². The summed E-state index contributed by atoms with van der Waals surface area (Å²) in [6.07, 6.45) is 0. The van der Waals surface area contributed by atoms with E-state index in [4.69, 9.17) is 4.98 Å². The number of rotatable bonds is 2. The molecule has 1 aromatic carbocycles. The van der Waals surface area contributed by atoms with E-state index >= 15 is 0 Å². The number of thiazole rings is 1. The van der Waals surface area contributed by atoms with Crippen molar-refractivity contribution in [3.05, 3.63) is 57.1 Å². The standard InChI is InChI=1S/C17H15BrN2S/c1-10-7-14(8-11(2)19-10)17-20-16(12(3)21-17)13-5-4-6-15(18)9-13/h4-9H,1-3H3. The van der Waals surface area contributed by atoms with Gasteiger partial charge in [0.15, 0.2) is 0 Å². The maximum absolute atomic E-state index is 4.84. The first kappa shape index (κ1) is 14.4. The normalized spacial score (nSPS) is 10.9. The highest BCUT2D eigenvalue weighted by Crippen LogP contribution is 2.34. The van der Waals surface area contributed by atoms with Crippen molar-refractivity contribution in [1.82, 2.24) is 9.97 Å². The molecular weight excluding hydrogens is 344 g/mol. The highest BCUT2D eigenvalue weighted by Gasteiger charge is 2.12. The molecule has 3 rings (SSSR count). The van der Waals surface area contributed by atoms with Crippen molar-refractivity contribution in [2.24, 2.45) is 0 Å².